The molecule has 0 saturated heterocycles. The van der Waals surface area contributed by atoms with Gasteiger partial charge in [0.25, 0.3) is 5.91 Å². The highest BCUT2D eigenvalue weighted by atomic mass is 35.5. The van der Waals surface area contributed by atoms with Gasteiger partial charge in [-0.25, -0.2) is 4.98 Å². The number of hydrogen-bond acceptors (Lipinski definition) is 2. The number of rotatable bonds is 6. The Morgan fingerprint density at radius 1 is 1.37 bits per heavy atom. The summed E-state index contributed by atoms with van der Waals surface area (Å²) in [5.41, 5.74) is 1.52. The predicted octanol–water partition coefficient (Wildman–Crippen LogP) is 3.95. The van der Waals surface area contributed by atoms with Crippen molar-refractivity contribution in [2.24, 2.45) is 0 Å². The van der Waals surface area contributed by atoms with Crippen molar-refractivity contribution in [2.75, 3.05) is 7.05 Å². The lowest BCUT2D eigenvalue weighted by Crippen LogP contribution is -2.35. The molecule has 0 bridgehead atoms. The Kier molecular flexibility index (Phi) is 6.29. The van der Waals surface area contributed by atoms with Crippen molar-refractivity contribution in [3.8, 4) is 0 Å². The van der Waals surface area contributed by atoms with E-state index in [1.807, 2.05) is 13.1 Å². The molecular weight excluding hydrogens is 260 g/mol. The molecule has 1 amide bonds. The molecule has 0 aliphatic heterocycles. The maximum atomic E-state index is 12.4. The number of aryl methyl sites for hydroxylation is 1. The van der Waals surface area contributed by atoms with E-state index in [9.17, 15) is 4.79 Å². The normalized spacial score (nSPS) is 12.3. The largest absolute Gasteiger partial charge is 0.339 e. The molecule has 0 aromatic carbocycles. The van der Waals surface area contributed by atoms with Crippen molar-refractivity contribution in [3.63, 3.8) is 0 Å². The number of aromatic nitrogens is 1. The molecule has 106 valence electrons. The Hall–Kier alpha value is -1.09. The van der Waals surface area contributed by atoms with Crippen LogP contribution in [0.5, 0.6) is 0 Å². The Bertz CT molecular complexity index is 434. The van der Waals surface area contributed by atoms with Gasteiger partial charge in [0, 0.05) is 24.3 Å². The third-order valence-corrected chi connectivity index (χ3v) is 3.48. The zero-order chi connectivity index (χ0) is 14.4. The molecule has 0 aliphatic rings. The quantitative estimate of drug-likeness (QED) is 0.740. The van der Waals surface area contributed by atoms with Gasteiger partial charge in [-0.15, -0.1) is 0 Å². The van der Waals surface area contributed by atoms with Crippen LogP contribution in [0.3, 0.4) is 0 Å². The molecule has 0 radical (unpaired) electrons. The molecule has 0 aliphatic carbocycles. The number of carbonyl (C=O) groups excluding carboxylic acids is 1. The highest BCUT2D eigenvalue weighted by Gasteiger charge is 2.18. The fraction of sp³-hybridized carbons (Fsp3) is 0.600. The first-order valence-electron chi connectivity index (χ1n) is 6.93. The van der Waals surface area contributed by atoms with Gasteiger partial charge in [-0.2, -0.15) is 0 Å². The van der Waals surface area contributed by atoms with Crippen molar-refractivity contribution in [2.45, 2.75) is 52.5 Å². The van der Waals surface area contributed by atoms with E-state index >= 15 is 0 Å². The van der Waals surface area contributed by atoms with Crippen LogP contribution in [0.1, 0.15) is 56.1 Å². The molecule has 1 unspecified atom stereocenters. The number of hydrogen-bond donors (Lipinski definition) is 0. The maximum Gasteiger partial charge on any atom is 0.254 e. The van der Waals surface area contributed by atoms with Gasteiger partial charge in [-0.05, 0) is 31.9 Å². The van der Waals surface area contributed by atoms with E-state index < -0.39 is 0 Å². The summed E-state index contributed by atoms with van der Waals surface area (Å²) in [6.45, 7) is 6.27. The minimum absolute atomic E-state index is 0.0163. The van der Waals surface area contributed by atoms with E-state index in [4.69, 9.17) is 11.6 Å². The van der Waals surface area contributed by atoms with Crippen LogP contribution in [0.25, 0.3) is 0 Å². The van der Waals surface area contributed by atoms with Crippen molar-refractivity contribution < 1.29 is 4.79 Å². The third kappa shape index (κ3) is 4.50. The second-order valence-electron chi connectivity index (χ2n) is 4.97. The molecule has 1 heterocycles. The first-order chi connectivity index (χ1) is 8.99. The van der Waals surface area contributed by atoms with Gasteiger partial charge in [-0.3, -0.25) is 4.79 Å². The van der Waals surface area contributed by atoms with Gasteiger partial charge in [-0.1, -0.05) is 38.3 Å². The fourth-order valence-electron chi connectivity index (χ4n) is 2.07. The summed E-state index contributed by atoms with van der Waals surface area (Å²) >= 11 is 5.99. The molecule has 0 spiro atoms. The van der Waals surface area contributed by atoms with E-state index in [0.717, 1.165) is 31.4 Å². The summed E-state index contributed by atoms with van der Waals surface area (Å²) in [6.07, 6.45) is 3.90. The zero-order valence-electron chi connectivity index (χ0n) is 12.2. The molecule has 1 aromatic heterocycles. The molecule has 19 heavy (non-hydrogen) atoms. The number of halogens is 1. The van der Waals surface area contributed by atoms with E-state index in [-0.39, 0.29) is 11.9 Å². The zero-order valence-corrected chi connectivity index (χ0v) is 13.0. The van der Waals surface area contributed by atoms with E-state index in [1.165, 1.54) is 0 Å². The van der Waals surface area contributed by atoms with Crippen LogP contribution in [-0.2, 0) is 6.42 Å². The van der Waals surface area contributed by atoms with Gasteiger partial charge < -0.3 is 4.90 Å². The standard InChI is InChI=1S/C15H23ClN2O/c1-5-7-11(3)18(4)15(19)12-9-13(8-6-2)17-14(16)10-12/h9-11H,5-8H2,1-4H3. The van der Waals surface area contributed by atoms with Crippen molar-refractivity contribution in [1.29, 1.82) is 0 Å². The SMILES string of the molecule is CCCc1cc(C(=O)N(C)C(C)CCC)cc(Cl)n1. The summed E-state index contributed by atoms with van der Waals surface area (Å²) in [5, 5.41) is 0.394. The highest BCUT2D eigenvalue weighted by Crippen LogP contribution is 2.16. The second kappa shape index (κ2) is 7.49. The Morgan fingerprint density at radius 3 is 2.63 bits per heavy atom. The summed E-state index contributed by atoms with van der Waals surface area (Å²) in [4.78, 5) is 18.4. The first kappa shape index (κ1) is 16.0. The molecule has 0 saturated carbocycles. The van der Waals surface area contributed by atoms with Crippen LogP contribution in [-0.4, -0.2) is 28.9 Å². The van der Waals surface area contributed by atoms with Crippen molar-refractivity contribution in [1.82, 2.24) is 9.88 Å². The summed E-state index contributed by atoms with van der Waals surface area (Å²) in [7, 11) is 1.84. The molecule has 0 N–H and O–H groups in total. The summed E-state index contributed by atoms with van der Waals surface area (Å²) < 4.78 is 0. The van der Waals surface area contributed by atoms with Gasteiger partial charge in [0.05, 0.1) is 0 Å². The number of nitrogens with zero attached hydrogens (tertiary/aromatic N) is 2. The van der Waals surface area contributed by atoms with Crippen LogP contribution in [0.15, 0.2) is 12.1 Å². The summed E-state index contributed by atoms with van der Waals surface area (Å²) in [5.74, 6) is 0.0163. The Balaban J connectivity index is 2.92. The van der Waals surface area contributed by atoms with Gasteiger partial charge >= 0.3 is 0 Å². The molecule has 0 fully saturated rings. The average Bonchev–Trinajstić information content (AvgIpc) is 2.37. The van der Waals surface area contributed by atoms with Crippen LogP contribution in [0.2, 0.25) is 5.15 Å². The fourth-order valence-corrected chi connectivity index (χ4v) is 2.30. The minimum Gasteiger partial charge on any atom is -0.339 e. The minimum atomic E-state index is 0.0163. The maximum absolute atomic E-state index is 12.4. The predicted molar refractivity (Wildman–Crippen MR) is 79.7 cm³/mol. The van der Waals surface area contributed by atoms with E-state index in [0.29, 0.717) is 10.7 Å². The lowest BCUT2D eigenvalue weighted by Gasteiger charge is -2.25. The smallest absolute Gasteiger partial charge is 0.254 e. The lowest BCUT2D eigenvalue weighted by molar-refractivity contribution is 0.0736. The lowest BCUT2D eigenvalue weighted by atomic mass is 10.1. The van der Waals surface area contributed by atoms with Crippen molar-refractivity contribution in [3.05, 3.63) is 28.5 Å². The Morgan fingerprint density at radius 2 is 2.05 bits per heavy atom. The van der Waals surface area contributed by atoms with E-state index in [2.05, 4.69) is 25.8 Å². The van der Waals surface area contributed by atoms with Gasteiger partial charge in [0.15, 0.2) is 0 Å². The topological polar surface area (TPSA) is 33.2 Å². The Labute approximate surface area is 121 Å². The number of amides is 1. The van der Waals surface area contributed by atoms with Crippen molar-refractivity contribution >= 4 is 17.5 Å². The highest BCUT2D eigenvalue weighted by molar-refractivity contribution is 6.29. The third-order valence-electron chi connectivity index (χ3n) is 3.29. The van der Waals surface area contributed by atoms with E-state index in [1.54, 1.807) is 11.0 Å². The average molecular weight is 283 g/mol. The molecule has 1 atom stereocenters. The van der Waals surface area contributed by atoms with Crippen LogP contribution in [0, 0.1) is 0 Å². The van der Waals surface area contributed by atoms with Crippen LogP contribution >= 0.6 is 11.6 Å². The van der Waals surface area contributed by atoms with Gasteiger partial charge in [0.1, 0.15) is 5.15 Å². The molecular formula is C15H23ClN2O. The van der Waals surface area contributed by atoms with Crippen LogP contribution in [0.4, 0.5) is 0 Å². The molecule has 1 aromatic rings. The molecule has 1 rings (SSSR count). The second-order valence-corrected chi connectivity index (χ2v) is 5.36. The first-order valence-corrected chi connectivity index (χ1v) is 7.31. The molecule has 4 heteroatoms. The molecule has 3 nitrogen and oxygen atoms in total. The number of pyridine rings is 1. The van der Waals surface area contributed by atoms with Crippen LogP contribution < -0.4 is 0 Å². The number of carbonyl (C=O) groups is 1. The summed E-state index contributed by atoms with van der Waals surface area (Å²) in [6, 6.07) is 3.74. The van der Waals surface area contributed by atoms with Gasteiger partial charge in [0.2, 0.25) is 0 Å². The monoisotopic (exact) mass is 282 g/mol.